The van der Waals surface area contributed by atoms with Gasteiger partial charge in [0.25, 0.3) is 0 Å². The van der Waals surface area contributed by atoms with Crippen LogP contribution in [0.4, 0.5) is 11.4 Å². The number of hydrogen-bond acceptors (Lipinski definition) is 5. The maximum absolute atomic E-state index is 11.0. The molecule has 7 nitrogen and oxygen atoms in total. The highest BCUT2D eigenvalue weighted by Crippen LogP contribution is 2.37. The predicted molar refractivity (Wildman–Crippen MR) is 60.5 cm³/mol. The summed E-state index contributed by atoms with van der Waals surface area (Å²) in [6.07, 6.45) is 0. The summed E-state index contributed by atoms with van der Waals surface area (Å²) in [4.78, 5) is 21.1. The summed E-state index contributed by atoms with van der Waals surface area (Å²) in [6.45, 7) is 1.33. The molecule has 1 rings (SSSR count). The number of carbonyl (C=O) groups excluding carboxylic acids is 1. The van der Waals surface area contributed by atoms with Gasteiger partial charge in [-0.2, -0.15) is 0 Å². The molecule has 0 heterocycles. The fourth-order valence-electron chi connectivity index (χ4n) is 1.31. The lowest BCUT2D eigenvalue weighted by Gasteiger charge is -2.10. The highest BCUT2D eigenvalue weighted by atomic mass is 16.6. The molecule has 0 aliphatic carbocycles. The first-order valence-electron chi connectivity index (χ1n) is 4.67. The largest absolute Gasteiger partial charge is 0.494 e. The van der Waals surface area contributed by atoms with E-state index in [2.05, 4.69) is 5.32 Å². The number of nitro benzene ring substituents is 1. The van der Waals surface area contributed by atoms with Crippen LogP contribution in [0.15, 0.2) is 12.1 Å². The third-order valence-corrected chi connectivity index (χ3v) is 2.01. The van der Waals surface area contributed by atoms with Crippen LogP contribution in [-0.4, -0.2) is 25.1 Å². The number of nitrogens with zero attached hydrogens (tertiary/aromatic N) is 1. The molecule has 0 aliphatic heterocycles. The Hall–Kier alpha value is -2.31. The van der Waals surface area contributed by atoms with Crippen molar-refractivity contribution in [3.8, 4) is 11.5 Å². The lowest BCUT2D eigenvalue weighted by molar-refractivity contribution is -0.385. The van der Waals surface area contributed by atoms with Gasteiger partial charge in [0.15, 0.2) is 5.75 Å². The summed E-state index contributed by atoms with van der Waals surface area (Å²) in [5.41, 5.74) is 0.0981. The van der Waals surface area contributed by atoms with Gasteiger partial charge in [-0.3, -0.25) is 14.9 Å². The number of rotatable bonds is 4. The fraction of sp³-hybridized carbons (Fsp3) is 0.300. The number of carbonyl (C=O) groups is 1. The summed E-state index contributed by atoms with van der Waals surface area (Å²) < 4.78 is 9.84. The van der Waals surface area contributed by atoms with Crippen LogP contribution >= 0.6 is 0 Å². The average Bonchev–Trinajstić information content (AvgIpc) is 2.27. The molecule has 0 atom stereocenters. The van der Waals surface area contributed by atoms with Crippen molar-refractivity contribution >= 4 is 17.3 Å². The van der Waals surface area contributed by atoms with Crippen LogP contribution in [0.2, 0.25) is 0 Å². The van der Waals surface area contributed by atoms with E-state index in [9.17, 15) is 14.9 Å². The van der Waals surface area contributed by atoms with Gasteiger partial charge in [-0.1, -0.05) is 0 Å². The van der Waals surface area contributed by atoms with Crippen molar-refractivity contribution in [2.24, 2.45) is 0 Å². The molecule has 0 unspecified atom stereocenters. The molecule has 1 amide bonds. The molecule has 1 aromatic rings. The molecule has 0 bridgehead atoms. The van der Waals surface area contributed by atoms with Crippen LogP contribution in [0.1, 0.15) is 6.92 Å². The average molecular weight is 240 g/mol. The lowest BCUT2D eigenvalue weighted by Crippen LogP contribution is -2.08. The van der Waals surface area contributed by atoms with Crippen molar-refractivity contribution in [3.05, 3.63) is 22.2 Å². The fourth-order valence-corrected chi connectivity index (χ4v) is 1.31. The van der Waals surface area contributed by atoms with Gasteiger partial charge in [-0.05, 0) is 0 Å². The van der Waals surface area contributed by atoms with Crippen molar-refractivity contribution in [2.45, 2.75) is 6.92 Å². The van der Waals surface area contributed by atoms with E-state index in [0.29, 0.717) is 5.69 Å². The van der Waals surface area contributed by atoms with Gasteiger partial charge in [0.1, 0.15) is 5.75 Å². The molecular weight excluding hydrogens is 228 g/mol. The summed E-state index contributed by atoms with van der Waals surface area (Å²) in [5, 5.41) is 13.3. The third kappa shape index (κ3) is 2.83. The van der Waals surface area contributed by atoms with E-state index in [0.717, 1.165) is 0 Å². The van der Waals surface area contributed by atoms with Gasteiger partial charge in [0.2, 0.25) is 5.91 Å². The number of benzene rings is 1. The summed E-state index contributed by atoms with van der Waals surface area (Å²) in [5.74, 6) is -0.0496. The molecule has 0 fully saturated rings. The topological polar surface area (TPSA) is 90.7 Å². The molecule has 1 N–H and O–H groups in total. The minimum atomic E-state index is -0.584. The van der Waals surface area contributed by atoms with E-state index in [1.807, 2.05) is 0 Å². The molecule has 1 aromatic carbocycles. The van der Waals surface area contributed by atoms with Crippen LogP contribution in [-0.2, 0) is 4.79 Å². The second kappa shape index (κ2) is 5.15. The number of amides is 1. The van der Waals surface area contributed by atoms with E-state index < -0.39 is 4.92 Å². The molecular formula is C10H12N2O5. The number of methoxy groups -OCH3 is 2. The molecule has 0 aromatic heterocycles. The Bertz CT molecular complexity index is 458. The van der Waals surface area contributed by atoms with E-state index in [1.165, 1.54) is 33.3 Å². The Kier molecular flexibility index (Phi) is 3.86. The van der Waals surface area contributed by atoms with Crippen LogP contribution in [0.3, 0.4) is 0 Å². The summed E-state index contributed by atoms with van der Waals surface area (Å²) in [7, 11) is 2.67. The first-order valence-corrected chi connectivity index (χ1v) is 4.67. The summed E-state index contributed by atoms with van der Waals surface area (Å²) in [6, 6.07) is 2.54. The van der Waals surface area contributed by atoms with E-state index >= 15 is 0 Å². The van der Waals surface area contributed by atoms with E-state index in [1.54, 1.807) is 0 Å². The number of nitrogens with one attached hydrogen (secondary N) is 1. The molecule has 17 heavy (non-hydrogen) atoms. The van der Waals surface area contributed by atoms with Gasteiger partial charge in [-0.15, -0.1) is 0 Å². The van der Waals surface area contributed by atoms with Crippen molar-refractivity contribution in [3.63, 3.8) is 0 Å². The standard InChI is InChI=1S/C10H12N2O5/c1-6(13)11-7-4-10(17-3)8(12(14)15)5-9(7)16-2/h4-5H,1-3H3,(H,11,13). The molecule has 0 saturated heterocycles. The minimum absolute atomic E-state index is 0.0551. The Balaban J connectivity index is 3.32. The Labute approximate surface area is 97.5 Å². The summed E-state index contributed by atoms with van der Waals surface area (Å²) >= 11 is 0. The normalized spacial score (nSPS) is 9.59. The number of nitro groups is 1. The highest BCUT2D eigenvalue weighted by Gasteiger charge is 2.19. The van der Waals surface area contributed by atoms with Crippen LogP contribution < -0.4 is 14.8 Å². The van der Waals surface area contributed by atoms with Crippen LogP contribution in [0, 0.1) is 10.1 Å². The Morgan fingerprint density at radius 3 is 2.29 bits per heavy atom. The third-order valence-electron chi connectivity index (χ3n) is 2.01. The lowest BCUT2D eigenvalue weighted by atomic mass is 10.2. The molecule has 0 saturated carbocycles. The van der Waals surface area contributed by atoms with Crippen molar-refractivity contribution in [1.29, 1.82) is 0 Å². The van der Waals surface area contributed by atoms with Gasteiger partial charge < -0.3 is 14.8 Å². The van der Waals surface area contributed by atoms with Gasteiger partial charge >= 0.3 is 5.69 Å². The number of hydrogen-bond donors (Lipinski definition) is 1. The van der Waals surface area contributed by atoms with E-state index in [-0.39, 0.29) is 23.1 Å². The molecule has 0 aliphatic rings. The second-order valence-corrected chi connectivity index (χ2v) is 3.16. The SMILES string of the molecule is COc1cc([N+](=O)[O-])c(OC)cc1NC(C)=O. The zero-order valence-electron chi connectivity index (χ0n) is 9.64. The minimum Gasteiger partial charge on any atom is -0.494 e. The maximum atomic E-state index is 11.0. The van der Waals surface area contributed by atoms with Crippen LogP contribution in [0.25, 0.3) is 0 Å². The Morgan fingerprint density at radius 2 is 1.88 bits per heavy atom. The monoisotopic (exact) mass is 240 g/mol. The van der Waals surface area contributed by atoms with E-state index in [4.69, 9.17) is 9.47 Å². The first-order chi connectivity index (χ1) is 7.99. The van der Waals surface area contributed by atoms with Gasteiger partial charge in [0.05, 0.1) is 30.9 Å². The second-order valence-electron chi connectivity index (χ2n) is 3.16. The predicted octanol–water partition coefficient (Wildman–Crippen LogP) is 1.57. The van der Waals surface area contributed by atoms with Crippen molar-refractivity contribution in [1.82, 2.24) is 0 Å². The Morgan fingerprint density at radius 1 is 1.29 bits per heavy atom. The van der Waals surface area contributed by atoms with Crippen LogP contribution in [0.5, 0.6) is 11.5 Å². The molecule has 0 spiro atoms. The highest BCUT2D eigenvalue weighted by molar-refractivity contribution is 5.91. The number of ether oxygens (including phenoxy) is 2. The quantitative estimate of drug-likeness (QED) is 0.637. The van der Waals surface area contributed by atoms with Gasteiger partial charge in [-0.25, -0.2) is 0 Å². The molecule has 92 valence electrons. The number of anilines is 1. The molecule has 0 radical (unpaired) electrons. The maximum Gasteiger partial charge on any atom is 0.314 e. The zero-order chi connectivity index (χ0) is 13.0. The van der Waals surface area contributed by atoms with Crippen molar-refractivity contribution in [2.75, 3.05) is 19.5 Å². The molecule has 7 heteroatoms. The zero-order valence-corrected chi connectivity index (χ0v) is 9.64. The van der Waals surface area contributed by atoms with Gasteiger partial charge in [0, 0.05) is 13.0 Å². The van der Waals surface area contributed by atoms with Crippen molar-refractivity contribution < 1.29 is 19.2 Å². The smallest absolute Gasteiger partial charge is 0.314 e. The first kappa shape index (κ1) is 12.8.